The molecule has 2 unspecified atom stereocenters. The summed E-state index contributed by atoms with van der Waals surface area (Å²) in [7, 11) is 0. The summed E-state index contributed by atoms with van der Waals surface area (Å²) < 4.78 is 13.3. The average Bonchev–Trinajstić information content (AvgIpc) is 2.79. The van der Waals surface area contributed by atoms with Crippen molar-refractivity contribution in [1.29, 1.82) is 0 Å². The maximum Gasteiger partial charge on any atom is 0.329 e. The van der Waals surface area contributed by atoms with Crippen LogP contribution >= 0.6 is 0 Å². The van der Waals surface area contributed by atoms with E-state index in [0.29, 0.717) is 32.1 Å². The van der Waals surface area contributed by atoms with Gasteiger partial charge in [-0.25, -0.2) is 9.18 Å². The lowest BCUT2D eigenvalue weighted by atomic mass is 9.86. The Balaban J connectivity index is 1.99. The number of hydrogen-bond acceptors (Lipinski definition) is 2. The number of carboxylic acid groups (broad SMARTS) is 1. The van der Waals surface area contributed by atoms with Crippen LogP contribution in [0.15, 0.2) is 0 Å². The highest BCUT2D eigenvalue weighted by Gasteiger charge is 2.43. The van der Waals surface area contributed by atoms with Crippen LogP contribution in [0, 0.1) is 5.92 Å². The number of carbonyl (C=O) groups is 2. The molecule has 0 bridgehead atoms. The summed E-state index contributed by atoms with van der Waals surface area (Å²) in [5.41, 5.74) is -1.10. The van der Waals surface area contributed by atoms with Gasteiger partial charge in [0.15, 0.2) is 0 Å². The van der Waals surface area contributed by atoms with E-state index in [0.717, 1.165) is 12.8 Å². The molecule has 1 amide bonds. The van der Waals surface area contributed by atoms with Gasteiger partial charge < -0.3 is 10.4 Å². The number of hydrogen-bond donors (Lipinski definition) is 2. The molecular weight excluding hydrogens is 237 g/mol. The summed E-state index contributed by atoms with van der Waals surface area (Å²) in [5, 5.41) is 12.0. The van der Waals surface area contributed by atoms with Gasteiger partial charge in [0, 0.05) is 5.92 Å². The molecule has 2 aliphatic carbocycles. The number of amides is 1. The van der Waals surface area contributed by atoms with Crippen molar-refractivity contribution < 1.29 is 19.1 Å². The number of carbonyl (C=O) groups excluding carboxylic acids is 1. The molecule has 0 heterocycles. The van der Waals surface area contributed by atoms with Gasteiger partial charge in [-0.15, -0.1) is 0 Å². The molecule has 2 N–H and O–H groups in total. The quantitative estimate of drug-likeness (QED) is 0.813. The van der Waals surface area contributed by atoms with E-state index in [9.17, 15) is 19.1 Å². The Hall–Kier alpha value is -1.13. The van der Waals surface area contributed by atoms with E-state index >= 15 is 0 Å². The Bertz CT molecular complexity index is 339. The van der Waals surface area contributed by atoms with Crippen LogP contribution in [0.1, 0.15) is 51.4 Å². The third-order valence-electron chi connectivity index (χ3n) is 4.21. The van der Waals surface area contributed by atoms with E-state index in [-0.39, 0.29) is 18.2 Å². The molecular formula is C13H20FNO3. The summed E-state index contributed by atoms with van der Waals surface area (Å²) in [6.07, 6.45) is 3.83. The van der Waals surface area contributed by atoms with Gasteiger partial charge in [-0.3, -0.25) is 4.79 Å². The van der Waals surface area contributed by atoms with E-state index in [1.54, 1.807) is 0 Å². The first-order valence-corrected chi connectivity index (χ1v) is 6.73. The molecule has 0 saturated heterocycles. The van der Waals surface area contributed by atoms with Crippen LogP contribution in [0.25, 0.3) is 0 Å². The highest BCUT2D eigenvalue weighted by molar-refractivity contribution is 5.88. The zero-order valence-electron chi connectivity index (χ0n) is 10.5. The summed E-state index contributed by atoms with van der Waals surface area (Å²) in [5.74, 6) is -1.59. The molecule has 0 aliphatic heterocycles. The molecule has 102 valence electrons. The second-order valence-corrected chi connectivity index (χ2v) is 5.54. The Morgan fingerprint density at radius 3 is 2.39 bits per heavy atom. The summed E-state index contributed by atoms with van der Waals surface area (Å²) in [6, 6.07) is 0. The van der Waals surface area contributed by atoms with Gasteiger partial charge in [0.05, 0.1) is 0 Å². The van der Waals surface area contributed by atoms with E-state index in [2.05, 4.69) is 5.32 Å². The van der Waals surface area contributed by atoms with Crippen molar-refractivity contribution in [3.05, 3.63) is 0 Å². The van der Waals surface area contributed by atoms with E-state index in [1.165, 1.54) is 0 Å². The molecule has 2 fully saturated rings. The molecule has 0 spiro atoms. The lowest BCUT2D eigenvalue weighted by molar-refractivity contribution is -0.148. The molecule has 2 atom stereocenters. The maximum absolute atomic E-state index is 13.3. The molecule has 4 nitrogen and oxygen atoms in total. The fraction of sp³-hybridized carbons (Fsp3) is 0.846. The van der Waals surface area contributed by atoms with Gasteiger partial charge in [-0.05, 0) is 38.5 Å². The fourth-order valence-electron chi connectivity index (χ4n) is 3.08. The van der Waals surface area contributed by atoms with Gasteiger partial charge >= 0.3 is 5.97 Å². The van der Waals surface area contributed by atoms with Crippen LogP contribution in [0.5, 0.6) is 0 Å². The third kappa shape index (κ3) is 2.65. The van der Waals surface area contributed by atoms with Gasteiger partial charge in [-0.2, -0.15) is 0 Å². The first kappa shape index (κ1) is 13.3. The predicted molar refractivity (Wildman–Crippen MR) is 63.8 cm³/mol. The minimum atomic E-state index is -1.10. The van der Waals surface area contributed by atoms with Crippen molar-refractivity contribution >= 4 is 11.9 Å². The first-order chi connectivity index (χ1) is 8.53. The Labute approximate surface area is 106 Å². The van der Waals surface area contributed by atoms with Crippen LogP contribution in [0.4, 0.5) is 4.39 Å². The lowest BCUT2D eigenvalue weighted by Crippen LogP contribution is -2.54. The van der Waals surface area contributed by atoms with Crippen LogP contribution in [0.2, 0.25) is 0 Å². The van der Waals surface area contributed by atoms with Crippen molar-refractivity contribution in [2.45, 2.75) is 63.1 Å². The van der Waals surface area contributed by atoms with E-state index in [1.807, 2.05) is 0 Å². The number of rotatable bonds is 3. The predicted octanol–water partition coefficient (Wildman–Crippen LogP) is 2.03. The normalized spacial score (nSPS) is 30.9. The van der Waals surface area contributed by atoms with Gasteiger partial charge in [-0.1, -0.05) is 12.8 Å². The Morgan fingerprint density at radius 1 is 1.17 bits per heavy atom. The number of halogens is 1. The fourth-order valence-corrected chi connectivity index (χ4v) is 3.08. The smallest absolute Gasteiger partial charge is 0.329 e. The third-order valence-corrected chi connectivity index (χ3v) is 4.21. The summed E-state index contributed by atoms with van der Waals surface area (Å²) in [4.78, 5) is 23.4. The van der Waals surface area contributed by atoms with Gasteiger partial charge in [0.1, 0.15) is 11.7 Å². The molecule has 0 aromatic heterocycles. The second-order valence-electron chi connectivity index (χ2n) is 5.54. The Morgan fingerprint density at radius 2 is 1.83 bits per heavy atom. The molecule has 0 aromatic rings. The van der Waals surface area contributed by atoms with Crippen molar-refractivity contribution in [3.63, 3.8) is 0 Å². The lowest BCUT2D eigenvalue weighted by Gasteiger charge is -2.30. The zero-order valence-corrected chi connectivity index (χ0v) is 10.5. The van der Waals surface area contributed by atoms with Crippen LogP contribution in [0.3, 0.4) is 0 Å². The van der Waals surface area contributed by atoms with Gasteiger partial charge in [0.25, 0.3) is 0 Å². The molecule has 0 aromatic carbocycles. The standard InChI is InChI=1S/C13H20FNO3/c14-10-5-3-4-9(8-10)11(16)15-13(12(17)18)6-1-2-7-13/h9-10H,1-8H2,(H,15,16)(H,17,18). The molecule has 2 aliphatic rings. The average molecular weight is 257 g/mol. The van der Waals surface area contributed by atoms with Crippen molar-refractivity contribution in [3.8, 4) is 0 Å². The summed E-state index contributed by atoms with van der Waals surface area (Å²) >= 11 is 0. The molecule has 2 saturated carbocycles. The summed E-state index contributed by atoms with van der Waals surface area (Å²) in [6.45, 7) is 0. The zero-order chi connectivity index (χ0) is 13.2. The topological polar surface area (TPSA) is 66.4 Å². The first-order valence-electron chi connectivity index (χ1n) is 6.73. The highest BCUT2D eigenvalue weighted by Crippen LogP contribution is 2.32. The SMILES string of the molecule is O=C(NC1(C(=O)O)CCCC1)C1CCCC(F)C1. The second kappa shape index (κ2) is 5.24. The number of alkyl halides is 1. The molecule has 5 heteroatoms. The van der Waals surface area contributed by atoms with E-state index in [4.69, 9.17) is 0 Å². The molecule has 2 rings (SSSR count). The highest BCUT2D eigenvalue weighted by atomic mass is 19.1. The van der Waals surface area contributed by atoms with Crippen molar-refractivity contribution in [2.24, 2.45) is 5.92 Å². The number of aliphatic carboxylic acids is 1. The Kier molecular flexibility index (Phi) is 3.88. The number of carboxylic acids is 1. The van der Waals surface area contributed by atoms with Gasteiger partial charge in [0.2, 0.25) is 5.91 Å². The van der Waals surface area contributed by atoms with Crippen LogP contribution in [-0.4, -0.2) is 28.7 Å². The molecule has 18 heavy (non-hydrogen) atoms. The largest absolute Gasteiger partial charge is 0.480 e. The van der Waals surface area contributed by atoms with Crippen LogP contribution in [-0.2, 0) is 9.59 Å². The molecule has 0 radical (unpaired) electrons. The minimum absolute atomic E-state index is 0.238. The van der Waals surface area contributed by atoms with Crippen molar-refractivity contribution in [1.82, 2.24) is 5.32 Å². The van der Waals surface area contributed by atoms with Crippen molar-refractivity contribution in [2.75, 3.05) is 0 Å². The number of nitrogens with one attached hydrogen (secondary N) is 1. The monoisotopic (exact) mass is 257 g/mol. The minimum Gasteiger partial charge on any atom is -0.480 e. The van der Waals surface area contributed by atoms with E-state index < -0.39 is 17.7 Å². The van der Waals surface area contributed by atoms with Crippen LogP contribution < -0.4 is 5.32 Å². The maximum atomic E-state index is 13.3.